The van der Waals surface area contributed by atoms with Crippen LogP contribution in [0.1, 0.15) is 5.69 Å². The number of methoxy groups -OCH3 is 1. The van der Waals surface area contributed by atoms with Crippen molar-refractivity contribution in [3.05, 3.63) is 56.7 Å². The summed E-state index contributed by atoms with van der Waals surface area (Å²) in [7, 11) is 1.56. The average molecular weight is 338 g/mol. The van der Waals surface area contributed by atoms with Crippen LogP contribution in [0.5, 0.6) is 5.88 Å². The third kappa shape index (κ3) is 3.45. The van der Waals surface area contributed by atoms with Crippen molar-refractivity contribution < 1.29 is 9.66 Å². The quantitative estimate of drug-likeness (QED) is 0.668. The summed E-state index contributed by atoms with van der Waals surface area (Å²) in [4.78, 5) is 14.6. The van der Waals surface area contributed by atoms with E-state index in [-0.39, 0.29) is 5.69 Å². The molecule has 2 aromatic rings. The van der Waals surface area contributed by atoms with E-state index in [0.717, 1.165) is 11.4 Å². The van der Waals surface area contributed by atoms with E-state index in [1.807, 2.05) is 12.1 Å². The lowest BCUT2D eigenvalue weighted by atomic mass is 10.2. The number of rotatable bonds is 5. The molecule has 0 aliphatic heterocycles. The first-order valence-corrected chi connectivity index (χ1v) is 6.57. The number of nitrogens with one attached hydrogen (secondary N) is 1. The molecule has 1 aromatic carbocycles. The molecule has 0 spiro atoms. The van der Waals surface area contributed by atoms with Gasteiger partial charge in [-0.05, 0) is 34.1 Å². The Morgan fingerprint density at radius 1 is 1.40 bits per heavy atom. The summed E-state index contributed by atoms with van der Waals surface area (Å²) in [5.41, 5.74) is 1.63. The molecule has 0 unspecified atom stereocenters. The molecule has 1 N–H and O–H groups in total. The van der Waals surface area contributed by atoms with Crippen LogP contribution in [0.3, 0.4) is 0 Å². The van der Waals surface area contributed by atoms with E-state index in [4.69, 9.17) is 4.74 Å². The average Bonchev–Trinajstić information content (AvgIpc) is 2.45. The number of benzene rings is 1. The number of aromatic nitrogens is 1. The van der Waals surface area contributed by atoms with Crippen LogP contribution in [-0.4, -0.2) is 17.0 Å². The molecule has 6 nitrogen and oxygen atoms in total. The number of ether oxygens (including phenoxy) is 1. The van der Waals surface area contributed by atoms with Gasteiger partial charge in [-0.15, -0.1) is 0 Å². The monoisotopic (exact) mass is 337 g/mol. The highest BCUT2D eigenvalue weighted by Crippen LogP contribution is 2.27. The summed E-state index contributed by atoms with van der Waals surface area (Å²) in [5.74, 6) is 0.550. The van der Waals surface area contributed by atoms with Crippen LogP contribution < -0.4 is 10.1 Å². The Bertz CT molecular complexity index is 634. The zero-order valence-electron chi connectivity index (χ0n) is 10.7. The highest BCUT2D eigenvalue weighted by molar-refractivity contribution is 9.10. The predicted octanol–water partition coefficient (Wildman–Crippen LogP) is 3.37. The molecular weight excluding hydrogens is 326 g/mol. The van der Waals surface area contributed by atoms with Crippen molar-refractivity contribution in [2.24, 2.45) is 0 Å². The number of anilines is 1. The first-order valence-electron chi connectivity index (χ1n) is 5.78. The third-order valence-electron chi connectivity index (χ3n) is 2.61. The van der Waals surface area contributed by atoms with Gasteiger partial charge in [0, 0.05) is 17.8 Å². The van der Waals surface area contributed by atoms with Crippen LogP contribution in [0.2, 0.25) is 0 Å². The molecule has 0 saturated heterocycles. The van der Waals surface area contributed by atoms with Gasteiger partial charge in [0.2, 0.25) is 5.88 Å². The number of nitrogens with zero attached hydrogens (tertiary/aromatic N) is 2. The molecule has 0 bridgehead atoms. The van der Waals surface area contributed by atoms with Gasteiger partial charge in [0.05, 0.1) is 28.7 Å². The summed E-state index contributed by atoms with van der Waals surface area (Å²) in [5, 5.41) is 13.9. The van der Waals surface area contributed by atoms with Gasteiger partial charge >= 0.3 is 0 Å². The fourth-order valence-corrected chi connectivity index (χ4v) is 2.15. The highest BCUT2D eigenvalue weighted by Gasteiger charge is 2.11. The van der Waals surface area contributed by atoms with Crippen LogP contribution in [0.4, 0.5) is 11.4 Å². The summed E-state index contributed by atoms with van der Waals surface area (Å²) in [6.45, 7) is 0.501. The van der Waals surface area contributed by atoms with Crippen molar-refractivity contribution in [3.63, 3.8) is 0 Å². The molecule has 0 aliphatic carbocycles. The van der Waals surface area contributed by atoms with E-state index < -0.39 is 4.92 Å². The molecule has 20 heavy (non-hydrogen) atoms. The molecule has 0 amide bonds. The largest absolute Gasteiger partial charge is 0.481 e. The summed E-state index contributed by atoms with van der Waals surface area (Å²) in [6.07, 6.45) is 0. The van der Waals surface area contributed by atoms with E-state index in [9.17, 15) is 10.1 Å². The first-order chi connectivity index (χ1) is 9.60. The van der Waals surface area contributed by atoms with Gasteiger partial charge in [0.15, 0.2) is 0 Å². The molecule has 0 atom stereocenters. The van der Waals surface area contributed by atoms with E-state index in [0.29, 0.717) is 16.9 Å². The molecule has 7 heteroatoms. The van der Waals surface area contributed by atoms with Crippen molar-refractivity contribution in [2.45, 2.75) is 6.54 Å². The summed E-state index contributed by atoms with van der Waals surface area (Å²) >= 11 is 3.18. The smallest absolute Gasteiger partial charge is 0.283 e. The Morgan fingerprint density at radius 2 is 2.20 bits per heavy atom. The molecule has 0 aliphatic rings. The second-order valence-electron chi connectivity index (χ2n) is 3.95. The van der Waals surface area contributed by atoms with E-state index in [2.05, 4.69) is 26.2 Å². The van der Waals surface area contributed by atoms with Gasteiger partial charge < -0.3 is 10.1 Å². The number of nitro groups is 1. The first kappa shape index (κ1) is 14.3. The van der Waals surface area contributed by atoms with Crippen molar-refractivity contribution in [1.82, 2.24) is 4.98 Å². The lowest BCUT2D eigenvalue weighted by molar-refractivity contribution is -0.385. The zero-order valence-corrected chi connectivity index (χ0v) is 12.3. The minimum atomic E-state index is -0.433. The SMILES string of the molecule is COc1cccc(CNc2ccc([N+](=O)[O-])c(Br)c2)n1. The Balaban J connectivity index is 2.07. The molecule has 0 fully saturated rings. The van der Waals surface area contributed by atoms with E-state index in [1.165, 1.54) is 6.07 Å². The van der Waals surface area contributed by atoms with Crippen LogP contribution in [-0.2, 0) is 6.54 Å². The predicted molar refractivity (Wildman–Crippen MR) is 78.9 cm³/mol. The standard InChI is InChI=1S/C13H12BrN3O3/c1-20-13-4-2-3-10(16-13)8-15-9-5-6-12(17(18)19)11(14)7-9/h2-7,15H,8H2,1H3. The van der Waals surface area contributed by atoms with Crippen molar-refractivity contribution in [3.8, 4) is 5.88 Å². The van der Waals surface area contributed by atoms with Gasteiger partial charge in [-0.3, -0.25) is 10.1 Å². The fourth-order valence-electron chi connectivity index (χ4n) is 1.63. The summed E-state index contributed by atoms with van der Waals surface area (Å²) < 4.78 is 5.48. The summed E-state index contributed by atoms with van der Waals surface area (Å²) in [6, 6.07) is 10.3. The van der Waals surface area contributed by atoms with Crippen LogP contribution in [0, 0.1) is 10.1 Å². The normalized spacial score (nSPS) is 10.1. The molecule has 0 radical (unpaired) electrons. The third-order valence-corrected chi connectivity index (χ3v) is 3.24. The van der Waals surface area contributed by atoms with Crippen LogP contribution >= 0.6 is 15.9 Å². The molecule has 1 heterocycles. The lowest BCUT2D eigenvalue weighted by Crippen LogP contribution is -2.02. The van der Waals surface area contributed by atoms with Crippen molar-refractivity contribution in [1.29, 1.82) is 0 Å². The van der Waals surface area contributed by atoms with Gasteiger partial charge in [-0.2, -0.15) is 0 Å². The lowest BCUT2D eigenvalue weighted by Gasteiger charge is -2.07. The van der Waals surface area contributed by atoms with E-state index >= 15 is 0 Å². The maximum Gasteiger partial charge on any atom is 0.283 e. The number of hydrogen-bond donors (Lipinski definition) is 1. The Labute approximate surface area is 124 Å². The maximum absolute atomic E-state index is 10.7. The molecule has 2 rings (SSSR count). The fraction of sp³-hybridized carbons (Fsp3) is 0.154. The van der Waals surface area contributed by atoms with Gasteiger partial charge in [0.25, 0.3) is 5.69 Å². The van der Waals surface area contributed by atoms with Crippen LogP contribution in [0.15, 0.2) is 40.9 Å². The van der Waals surface area contributed by atoms with Gasteiger partial charge in [-0.25, -0.2) is 4.98 Å². The molecular formula is C13H12BrN3O3. The van der Waals surface area contributed by atoms with Crippen molar-refractivity contribution >= 4 is 27.3 Å². The topological polar surface area (TPSA) is 77.3 Å². The number of nitro benzene ring substituents is 1. The Morgan fingerprint density at radius 3 is 2.85 bits per heavy atom. The molecule has 1 aromatic heterocycles. The highest BCUT2D eigenvalue weighted by atomic mass is 79.9. The van der Waals surface area contributed by atoms with E-state index in [1.54, 1.807) is 25.3 Å². The molecule has 104 valence electrons. The maximum atomic E-state index is 10.7. The molecule has 0 saturated carbocycles. The second kappa shape index (κ2) is 6.33. The number of hydrogen-bond acceptors (Lipinski definition) is 5. The van der Waals surface area contributed by atoms with Gasteiger partial charge in [-0.1, -0.05) is 6.07 Å². The van der Waals surface area contributed by atoms with Gasteiger partial charge in [0.1, 0.15) is 0 Å². The second-order valence-corrected chi connectivity index (χ2v) is 4.80. The zero-order chi connectivity index (χ0) is 14.5. The Kier molecular flexibility index (Phi) is 4.52. The minimum Gasteiger partial charge on any atom is -0.481 e. The Hall–Kier alpha value is -2.15. The number of pyridine rings is 1. The van der Waals surface area contributed by atoms with Crippen molar-refractivity contribution in [2.75, 3.05) is 12.4 Å². The van der Waals surface area contributed by atoms with Crippen LogP contribution in [0.25, 0.3) is 0 Å². The number of halogens is 1. The minimum absolute atomic E-state index is 0.0371.